The Hall–Kier alpha value is -2.25. The van der Waals surface area contributed by atoms with Gasteiger partial charge in [-0.25, -0.2) is 0 Å². The second kappa shape index (κ2) is 22.3. The van der Waals surface area contributed by atoms with E-state index in [1.807, 2.05) is 72.8 Å². The molecule has 3 aromatic carbocycles. The third kappa shape index (κ3) is 15.6. The Morgan fingerprint density at radius 3 is 0.957 bits per heavy atom. The highest BCUT2D eigenvalue weighted by Crippen LogP contribution is 2.19. The zero-order valence-corrected chi connectivity index (χ0v) is 28.7. The van der Waals surface area contributed by atoms with Gasteiger partial charge in [0.05, 0.1) is 61.0 Å². The summed E-state index contributed by atoms with van der Waals surface area (Å²) in [6.45, 7) is 2.31. The van der Waals surface area contributed by atoms with Crippen molar-refractivity contribution < 1.29 is 42.4 Å². The van der Waals surface area contributed by atoms with Gasteiger partial charge < -0.3 is 42.4 Å². The Kier molecular flexibility index (Phi) is 18.6. The van der Waals surface area contributed by atoms with Gasteiger partial charge in [-0.15, -0.1) is 0 Å². The Balaban J connectivity index is 1.42. The van der Waals surface area contributed by atoms with Crippen molar-refractivity contribution in [2.45, 2.75) is 55.8 Å². The summed E-state index contributed by atoms with van der Waals surface area (Å²) in [5, 5.41) is 0. The summed E-state index contributed by atoms with van der Waals surface area (Å²) in [7, 11) is 3.65. The molecule has 0 aliphatic rings. The summed E-state index contributed by atoms with van der Waals surface area (Å²) < 4.78 is 50.3. The van der Waals surface area contributed by atoms with E-state index in [4.69, 9.17) is 77.2 Å². The summed E-state index contributed by atoms with van der Waals surface area (Å²) in [6.07, 6.45) is 1.12. The van der Waals surface area contributed by atoms with Crippen LogP contribution in [0.15, 0.2) is 72.8 Å². The van der Waals surface area contributed by atoms with E-state index in [9.17, 15) is 0 Å². The van der Waals surface area contributed by atoms with Crippen LogP contribution in [-0.4, -0.2) is 65.2 Å². The SMILES string of the molecule is COc1ccc(COCC[C@H](Cl)OB(O[C@@H](Cl)CCOCc2ccc(OC)cc2)O[C@@H](Cl)CCOCc2ccc(OC)cc2)cc1. The van der Waals surface area contributed by atoms with E-state index in [0.717, 1.165) is 33.9 Å². The van der Waals surface area contributed by atoms with E-state index < -0.39 is 24.0 Å². The molecule has 3 aromatic rings. The van der Waals surface area contributed by atoms with Crippen molar-refractivity contribution in [3.8, 4) is 17.2 Å². The number of methoxy groups -OCH3 is 3. The van der Waals surface area contributed by atoms with Crippen molar-refractivity contribution >= 4 is 42.1 Å². The molecule has 0 aromatic heterocycles. The van der Waals surface area contributed by atoms with Gasteiger partial charge in [0.15, 0.2) is 0 Å². The molecule has 0 heterocycles. The molecule has 9 nitrogen and oxygen atoms in total. The molecule has 0 aliphatic carbocycles. The zero-order chi connectivity index (χ0) is 33.0. The molecule has 3 atom stereocenters. The minimum atomic E-state index is -1.22. The predicted molar refractivity (Wildman–Crippen MR) is 180 cm³/mol. The zero-order valence-electron chi connectivity index (χ0n) is 26.4. The first-order valence-corrected chi connectivity index (χ1v) is 16.2. The Morgan fingerprint density at radius 1 is 0.457 bits per heavy atom. The van der Waals surface area contributed by atoms with E-state index in [1.165, 1.54) is 0 Å². The summed E-state index contributed by atoms with van der Waals surface area (Å²) in [4.78, 5) is 0. The van der Waals surface area contributed by atoms with E-state index in [2.05, 4.69) is 0 Å². The molecule has 0 radical (unpaired) electrons. The molecular formula is C33H42BCl3O9. The minimum Gasteiger partial charge on any atom is -0.497 e. The third-order valence-electron chi connectivity index (χ3n) is 6.53. The first-order chi connectivity index (χ1) is 22.4. The van der Waals surface area contributed by atoms with E-state index in [0.29, 0.717) is 58.9 Å². The molecule has 0 bridgehead atoms. The molecule has 13 heteroatoms. The van der Waals surface area contributed by atoms with Gasteiger partial charge in [-0.2, -0.15) is 0 Å². The quantitative estimate of drug-likeness (QED) is 0.0535. The van der Waals surface area contributed by atoms with Crippen LogP contribution in [0.4, 0.5) is 0 Å². The van der Waals surface area contributed by atoms with Crippen LogP contribution in [0.2, 0.25) is 0 Å². The third-order valence-corrected chi connectivity index (χ3v) is 7.49. The second-order valence-electron chi connectivity index (χ2n) is 10.00. The van der Waals surface area contributed by atoms with Crippen molar-refractivity contribution in [1.29, 1.82) is 0 Å². The molecule has 0 N–H and O–H groups in total. The van der Waals surface area contributed by atoms with Crippen molar-refractivity contribution in [2.24, 2.45) is 0 Å². The van der Waals surface area contributed by atoms with Gasteiger partial charge in [-0.05, 0) is 53.1 Å². The average Bonchev–Trinajstić information content (AvgIpc) is 3.07. The first kappa shape index (κ1) is 38.2. The molecule has 252 valence electrons. The number of rotatable bonds is 24. The standard InChI is InChI=1S/C33H42BCl3O9/c1-38-28-10-4-25(5-11-28)22-41-19-16-31(35)44-34(45-32(36)17-20-42-23-26-6-12-29(39-2)13-7-26)46-33(37)18-21-43-24-27-8-14-30(40-3)15-9-27/h4-15,31-33H,16-24H2,1-3H3/t31-,32-,33-/m1/s1. The Bertz CT molecular complexity index is 1060. The maximum atomic E-state index is 6.46. The molecule has 0 amide bonds. The van der Waals surface area contributed by atoms with Crippen LogP contribution in [-0.2, 0) is 48.0 Å². The molecule has 0 fully saturated rings. The molecule has 46 heavy (non-hydrogen) atoms. The van der Waals surface area contributed by atoms with Crippen molar-refractivity contribution in [2.75, 3.05) is 41.2 Å². The van der Waals surface area contributed by atoms with Gasteiger partial charge in [0.25, 0.3) is 0 Å². The fraction of sp³-hybridized carbons (Fsp3) is 0.455. The van der Waals surface area contributed by atoms with Crippen molar-refractivity contribution in [1.82, 2.24) is 0 Å². The van der Waals surface area contributed by atoms with Gasteiger partial charge >= 0.3 is 7.32 Å². The molecular weight excluding hydrogens is 658 g/mol. The number of benzene rings is 3. The molecule has 0 spiro atoms. The Morgan fingerprint density at radius 2 is 0.717 bits per heavy atom. The molecule has 0 aliphatic heterocycles. The highest BCUT2D eigenvalue weighted by Gasteiger charge is 2.31. The number of alkyl halides is 3. The smallest absolute Gasteiger partial charge is 0.497 e. The number of halogens is 3. The molecule has 0 unspecified atom stereocenters. The van der Waals surface area contributed by atoms with E-state index in [1.54, 1.807) is 21.3 Å². The van der Waals surface area contributed by atoms with Crippen molar-refractivity contribution in [3.63, 3.8) is 0 Å². The number of ether oxygens (including phenoxy) is 6. The predicted octanol–water partition coefficient (Wildman–Crippen LogP) is 7.56. The highest BCUT2D eigenvalue weighted by atomic mass is 35.5. The maximum absolute atomic E-state index is 6.46. The largest absolute Gasteiger partial charge is 0.642 e. The maximum Gasteiger partial charge on any atom is 0.642 e. The topological polar surface area (TPSA) is 83.1 Å². The van der Waals surface area contributed by atoms with Gasteiger partial charge in [-0.1, -0.05) is 71.2 Å². The van der Waals surface area contributed by atoms with Gasteiger partial charge in [0, 0.05) is 19.3 Å². The fourth-order valence-corrected chi connectivity index (χ4v) is 4.44. The van der Waals surface area contributed by atoms with Crippen LogP contribution in [0, 0.1) is 0 Å². The molecule has 3 rings (SSSR count). The second-order valence-corrected chi connectivity index (χ2v) is 11.5. The lowest BCUT2D eigenvalue weighted by Crippen LogP contribution is -2.36. The van der Waals surface area contributed by atoms with Crippen LogP contribution < -0.4 is 14.2 Å². The Labute approximate surface area is 287 Å². The lowest BCUT2D eigenvalue weighted by Gasteiger charge is -2.22. The average molecular weight is 700 g/mol. The van der Waals surface area contributed by atoms with Crippen molar-refractivity contribution in [3.05, 3.63) is 89.5 Å². The first-order valence-electron chi connectivity index (χ1n) is 14.9. The van der Waals surface area contributed by atoms with Gasteiger partial charge in [0.1, 0.15) is 33.9 Å². The summed E-state index contributed by atoms with van der Waals surface area (Å²) >= 11 is 19.4. The van der Waals surface area contributed by atoms with Crippen LogP contribution in [0.25, 0.3) is 0 Å². The highest BCUT2D eigenvalue weighted by molar-refractivity contribution is 6.40. The fourth-order valence-electron chi connectivity index (χ4n) is 3.93. The van der Waals surface area contributed by atoms with Crippen LogP contribution in [0.1, 0.15) is 36.0 Å². The van der Waals surface area contributed by atoms with Crippen LogP contribution >= 0.6 is 34.8 Å². The van der Waals surface area contributed by atoms with Crippen LogP contribution in [0.3, 0.4) is 0 Å². The van der Waals surface area contributed by atoms with Crippen LogP contribution in [0.5, 0.6) is 17.2 Å². The normalized spacial score (nSPS) is 13.2. The van der Waals surface area contributed by atoms with Gasteiger partial charge in [-0.3, -0.25) is 0 Å². The number of hydrogen-bond acceptors (Lipinski definition) is 9. The lowest BCUT2D eigenvalue weighted by atomic mass is 10.2. The molecule has 0 saturated carbocycles. The summed E-state index contributed by atoms with van der Waals surface area (Å²) in [6, 6.07) is 22.9. The minimum absolute atomic E-state index is 0.347. The summed E-state index contributed by atoms with van der Waals surface area (Å²) in [5.74, 6) is 2.35. The van der Waals surface area contributed by atoms with E-state index in [-0.39, 0.29) is 0 Å². The summed E-state index contributed by atoms with van der Waals surface area (Å²) in [5.41, 5.74) is 0.672. The van der Waals surface area contributed by atoms with E-state index >= 15 is 0 Å². The lowest BCUT2D eigenvalue weighted by molar-refractivity contribution is 0.0279. The van der Waals surface area contributed by atoms with Gasteiger partial charge in [0.2, 0.25) is 0 Å². The monoisotopic (exact) mass is 698 g/mol. The molecule has 0 saturated heterocycles. The number of hydrogen-bond donors (Lipinski definition) is 0.